The third-order valence-corrected chi connectivity index (χ3v) is 10.9. The van der Waals surface area contributed by atoms with E-state index < -0.39 is 36.0 Å². The number of pyridine rings is 1. The number of fused-ring (bicyclic) bond motifs is 2. The third-order valence-electron chi connectivity index (χ3n) is 10.2. The highest BCUT2D eigenvalue weighted by atomic mass is 35.5. The van der Waals surface area contributed by atoms with Gasteiger partial charge < -0.3 is 34.9 Å². The molecule has 3 N–H and O–H groups in total. The number of halogens is 2. The number of rotatable bonds is 12. The van der Waals surface area contributed by atoms with E-state index in [9.17, 15) is 24.3 Å². The summed E-state index contributed by atoms with van der Waals surface area (Å²) >= 11 is 12.2. The Hall–Kier alpha value is -6.89. The van der Waals surface area contributed by atoms with E-state index in [1.165, 1.54) is 4.90 Å². The zero-order valence-electron chi connectivity index (χ0n) is 31.7. The lowest BCUT2D eigenvalue weighted by Crippen LogP contribution is -2.56. The molecule has 3 atom stereocenters. The predicted molar refractivity (Wildman–Crippen MR) is 224 cm³/mol. The van der Waals surface area contributed by atoms with E-state index in [1.807, 2.05) is 6.07 Å². The average Bonchev–Trinajstić information content (AvgIpc) is 3.26. The summed E-state index contributed by atoms with van der Waals surface area (Å²) in [6.45, 7) is 0.290. The van der Waals surface area contributed by atoms with Gasteiger partial charge >= 0.3 is 5.97 Å². The Morgan fingerprint density at radius 2 is 1.53 bits per heavy atom. The van der Waals surface area contributed by atoms with Crippen LogP contribution in [0, 0.1) is 0 Å². The van der Waals surface area contributed by atoms with Crippen molar-refractivity contribution < 1.29 is 38.5 Å². The van der Waals surface area contributed by atoms with E-state index in [0.717, 1.165) is 5.56 Å². The number of hydrogen-bond donors (Lipinski definition) is 3. The Balaban J connectivity index is 0.985. The smallest absolute Gasteiger partial charge is 0.326 e. The lowest BCUT2D eigenvalue weighted by atomic mass is 9.91. The van der Waals surface area contributed by atoms with E-state index in [1.54, 1.807) is 128 Å². The number of amides is 3. The fraction of sp³-hybridized carbons (Fsp3) is 0.152. The quantitative estimate of drug-likeness (QED) is 0.111. The van der Waals surface area contributed by atoms with Crippen LogP contribution in [0.4, 0.5) is 5.69 Å². The number of ether oxygens (including phenoxy) is 3. The second-order valence-corrected chi connectivity index (χ2v) is 15.1. The average molecular weight is 844 g/mol. The molecular weight excluding hydrogens is 807 g/mol. The number of carbonyl (C=O) groups is 4. The van der Waals surface area contributed by atoms with Crippen LogP contribution in [0.15, 0.2) is 134 Å². The summed E-state index contributed by atoms with van der Waals surface area (Å²) in [6.07, 6.45) is 2.30. The zero-order chi connectivity index (χ0) is 41.8. The van der Waals surface area contributed by atoms with Gasteiger partial charge in [0.25, 0.3) is 11.8 Å². The minimum Gasteiger partial charge on any atom is -0.489 e. The van der Waals surface area contributed by atoms with E-state index in [-0.39, 0.29) is 31.9 Å². The first-order valence-electron chi connectivity index (χ1n) is 18.9. The van der Waals surface area contributed by atoms with Gasteiger partial charge in [-0.15, -0.1) is 0 Å². The Morgan fingerprint density at radius 1 is 0.833 bits per heavy atom. The Morgan fingerprint density at radius 3 is 2.25 bits per heavy atom. The highest BCUT2D eigenvalue weighted by Gasteiger charge is 2.39. The summed E-state index contributed by atoms with van der Waals surface area (Å²) in [6, 6.07) is 32.3. The van der Waals surface area contributed by atoms with Gasteiger partial charge in [-0.3, -0.25) is 19.4 Å². The van der Waals surface area contributed by atoms with Crippen molar-refractivity contribution in [3.05, 3.63) is 177 Å². The first-order valence-corrected chi connectivity index (χ1v) is 19.7. The highest BCUT2D eigenvalue weighted by Crippen LogP contribution is 2.40. The summed E-state index contributed by atoms with van der Waals surface area (Å²) in [5, 5.41) is 16.7. The molecule has 6 aromatic rings. The Bertz CT molecular complexity index is 2560. The van der Waals surface area contributed by atoms with Gasteiger partial charge in [0.15, 0.2) is 0 Å². The van der Waals surface area contributed by atoms with Crippen LogP contribution in [-0.4, -0.2) is 50.8 Å². The Labute approximate surface area is 354 Å². The number of carbonyl (C=O) groups excluding carboxylic acids is 3. The summed E-state index contributed by atoms with van der Waals surface area (Å²) < 4.78 is 18.0. The zero-order valence-corrected chi connectivity index (χ0v) is 33.2. The molecule has 0 saturated heterocycles. The lowest BCUT2D eigenvalue weighted by molar-refractivity contribution is -0.142. The van der Waals surface area contributed by atoms with Gasteiger partial charge in [0.2, 0.25) is 12.0 Å². The van der Waals surface area contributed by atoms with Gasteiger partial charge in [0.05, 0.1) is 15.7 Å². The van der Waals surface area contributed by atoms with Gasteiger partial charge in [-0.25, -0.2) is 4.79 Å². The van der Waals surface area contributed by atoms with Crippen LogP contribution >= 0.6 is 23.2 Å². The summed E-state index contributed by atoms with van der Waals surface area (Å²) in [5.41, 5.74) is 4.29. The van der Waals surface area contributed by atoms with Gasteiger partial charge in [-0.1, -0.05) is 71.7 Å². The monoisotopic (exact) mass is 842 g/mol. The predicted octanol–water partition coefficient (Wildman–Crippen LogP) is 8.21. The molecular formula is C46H36Cl2N4O8. The number of aromatic nitrogens is 1. The maximum Gasteiger partial charge on any atom is 0.326 e. The molecule has 0 bridgehead atoms. The van der Waals surface area contributed by atoms with Crippen molar-refractivity contribution in [3.63, 3.8) is 0 Å². The molecule has 2 aliphatic heterocycles. The maximum absolute atomic E-state index is 14.1. The molecule has 3 heterocycles. The lowest BCUT2D eigenvalue weighted by Gasteiger charge is -2.37. The van der Waals surface area contributed by atoms with Crippen LogP contribution in [0.3, 0.4) is 0 Å². The normalized spacial score (nSPS) is 16.0. The largest absolute Gasteiger partial charge is 0.489 e. The molecule has 1 aromatic heterocycles. The highest BCUT2D eigenvalue weighted by molar-refractivity contribution is 6.42. The van der Waals surface area contributed by atoms with Crippen molar-refractivity contribution in [1.29, 1.82) is 0 Å². The summed E-state index contributed by atoms with van der Waals surface area (Å²) in [5.74, 6) is -0.519. The molecule has 0 aliphatic carbocycles. The van der Waals surface area contributed by atoms with Gasteiger partial charge in [0.1, 0.15) is 41.7 Å². The number of nitrogens with zero attached hydrogens (tertiary/aromatic N) is 2. The number of hydrogen-bond acceptors (Lipinski definition) is 8. The van der Waals surface area contributed by atoms with E-state index >= 15 is 0 Å². The van der Waals surface area contributed by atoms with Crippen LogP contribution in [0.25, 0.3) is 0 Å². The topological polar surface area (TPSA) is 156 Å². The summed E-state index contributed by atoms with van der Waals surface area (Å²) in [7, 11) is 0. The number of anilines is 1. The minimum atomic E-state index is -1.30. The second-order valence-electron chi connectivity index (χ2n) is 14.3. The molecule has 3 amide bonds. The number of nitrogens with one attached hydrogen (secondary N) is 2. The SMILES string of the molecule is O=C(N[C@@H](Cc1ccc(Oc2ccncc2)cc1)C(=O)O)C1Cc2cc3c(cc2CN1C(=O)c1ccccc1)O[C@@H](c1ccc(OCc2ccc(Cl)c(Cl)c2)cc1)C(=O)N3. The van der Waals surface area contributed by atoms with Gasteiger partial charge in [0, 0.05) is 42.9 Å². The van der Waals surface area contributed by atoms with E-state index in [0.29, 0.717) is 66.5 Å². The van der Waals surface area contributed by atoms with Crippen LogP contribution in [-0.2, 0) is 40.4 Å². The molecule has 60 heavy (non-hydrogen) atoms. The van der Waals surface area contributed by atoms with Crippen LogP contribution < -0.4 is 24.8 Å². The fourth-order valence-corrected chi connectivity index (χ4v) is 7.40. The molecule has 8 rings (SSSR count). The van der Waals surface area contributed by atoms with Crippen molar-refractivity contribution in [3.8, 4) is 23.0 Å². The number of carboxylic acids is 1. The first-order chi connectivity index (χ1) is 29.1. The molecule has 0 fully saturated rings. The minimum absolute atomic E-state index is 0.0148. The maximum atomic E-state index is 14.1. The molecule has 12 nitrogen and oxygen atoms in total. The van der Waals surface area contributed by atoms with Crippen molar-refractivity contribution in [2.45, 2.75) is 44.2 Å². The molecule has 2 aliphatic rings. The van der Waals surface area contributed by atoms with E-state index in [4.69, 9.17) is 37.4 Å². The fourth-order valence-electron chi connectivity index (χ4n) is 7.08. The molecule has 0 radical (unpaired) electrons. The van der Waals surface area contributed by atoms with Crippen molar-refractivity contribution in [2.75, 3.05) is 5.32 Å². The number of benzene rings is 5. The molecule has 1 unspecified atom stereocenters. The van der Waals surface area contributed by atoms with E-state index in [2.05, 4.69) is 15.6 Å². The molecule has 14 heteroatoms. The second kappa shape index (κ2) is 17.5. The van der Waals surface area contributed by atoms with Crippen LogP contribution in [0.1, 0.15) is 44.3 Å². The molecule has 302 valence electrons. The van der Waals surface area contributed by atoms with Crippen LogP contribution in [0.5, 0.6) is 23.0 Å². The van der Waals surface area contributed by atoms with Crippen molar-refractivity contribution >= 4 is 52.6 Å². The molecule has 0 spiro atoms. The Kier molecular flexibility index (Phi) is 11.7. The van der Waals surface area contributed by atoms with Crippen molar-refractivity contribution in [2.24, 2.45) is 0 Å². The number of carboxylic acid groups (broad SMARTS) is 1. The number of aliphatic carboxylic acids is 1. The van der Waals surface area contributed by atoms with Crippen molar-refractivity contribution in [1.82, 2.24) is 15.2 Å². The molecule has 0 saturated carbocycles. The standard InChI is InChI=1S/C46H36Cl2N4O8/c47-36-15-8-28(20-37(36)48)26-58-33-13-9-29(10-14-33)42-44(54)50-38-22-31-23-40(52(25-32(31)24-41(38)60-42)45(55)30-4-2-1-3-5-30)43(53)51-39(46(56)57)21-27-6-11-34(12-7-27)59-35-16-18-49-19-17-35/h1-20,22,24,39-40,42H,21,23,25-26H2,(H,50,54)(H,51,53)(H,56,57)/t39-,40?,42-/m0/s1. The van der Waals surface area contributed by atoms with Gasteiger partial charge in [-0.2, -0.15) is 0 Å². The van der Waals surface area contributed by atoms with Crippen LogP contribution in [0.2, 0.25) is 10.0 Å². The molecule has 5 aromatic carbocycles. The first kappa shape index (κ1) is 39.9. The summed E-state index contributed by atoms with van der Waals surface area (Å²) in [4.78, 5) is 59.5. The van der Waals surface area contributed by atoms with Gasteiger partial charge in [-0.05, 0) is 95.1 Å². The third kappa shape index (κ3) is 9.05.